The zero-order valence-electron chi connectivity index (χ0n) is 8.62. The maximum atomic E-state index is 10.4. The van der Waals surface area contributed by atoms with Crippen molar-refractivity contribution in [2.45, 2.75) is 25.3 Å². The number of nitrogens with two attached hydrogens (primary N) is 1. The maximum absolute atomic E-state index is 10.4. The second-order valence-electron chi connectivity index (χ2n) is 3.65. The molecule has 3 nitrogen and oxygen atoms in total. The van der Waals surface area contributed by atoms with Crippen molar-refractivity contribution in [2.24, 2.45) is 5.73 Å². The molecule has 0 aliphatic heterocycles. The quantitative estimate of drug-likeness (QED) is 0.857. The van der Waals surface area contributed by atoms with Crippen LogP contribution in [0.4, 0.5) is 0 Å². The predicted octanol–water partition coefficient (Wildman–Crippen LogP) is 2.73. The molecule has 0 fully saturated rings. The van der Waals surface area contributed by atoms with E-state index >= 15 is 0 Å². The van der Waals surface area contributed by atoms with Crippen molar-refractivity contribution in [3.63, 3.8) is 0 Å². The van der Waals surface area contributed by atoms with Gasteiger partial charge in [-0.3, -0.25) is 4.79 Å². The summed E-state index contributed by atoms with van der Waals surface area (Å²) in [6, 6.07) is 5.14. The highest BCUT2D eigenvalue weighted by molar-refractivity contribution is 6.42. The molecule has 0 amide bonds. The van der Waals surface area contributed by atoms with Crippen LogP contribution in [0.3, 0.4) is 0 Å². The topological polar surface area (TPSA) is 63.3 Å². The first kappa shape index (κ1) is 13.3. The summed E-state index contributed by atoms with van der Waals surface area (Å²) >= 11 is 11.6. The van der Waals surface area contributed by atoms with Gasteiger partial charge in [0.15, 0.2) is 0 Å². The summed E-state index contributed by atoms with van der Waals surface area (Å²) in [5.74, 6) is -0.829. The van der Waals surface area contributed by atoms with E-state index in [4.69, 9.17) is 34.0 Å². The summed E-state index contributed by atoms with van der Waals surface area (Å²) in [7, 11) is 0. The molecule has 1 aromatic rings. The van der Waals surface area contributed by atoms with Crippen molar-refractivity contribution in [1.82, 2.24) is 0 Å². The van der Waals surface area contributed by atoms with Gasteiger partial charge in [0.1, 0.15) is 0 Å². The second kappa shape index (κ2) is 6.09. The van der Waals surface area contributed by atoms with Crippen molar-refractivity contribution in [1.29, 1.82) is 0 Å². The molecule has 1 atom stereocenters. The zero-order chi connectivity index (χ0) is 12.1. The van der Waals surface area contributed by atoms with Gasteiger partial charge in [-0.25, -0.2) is 0 Å². The highest BCUT2D eigenvalue weighted by Crippen LogP contribution is 2.23. The van der Waals surface area contributed by atoms with Crippen molar-refractivity contribution >= 4 is 29.2 Å². The lowest BCUT2D eigenvalue weighted by molar-refractivity contribution is -0.137. The minimum Gasteiger partial charge on any atom is -0.481 e. The van der Waals surface area contributed by atoms with Gasteiger partial charge in [0, 0.05) is 12.5 Å². The predicted molar refractivity (Wildman–Crippen MR) is 65.0 cm³/mol. The molecule has 0 aliphatic rings. The van der Waals surface area contributed by atoms with Crippen LogP contribution < -0.4 is 5.73 Å². The summed E-state index contributed by atoms with van der Waals surface area (Å²) in [5.41, 5.74) is 6.77. The summed E-state index contributed by atoms with van der Waals surface area (Å²) in [6.07, 6.45) is 1.14. The first-order chi connectivity index (χ1) is 7.49. The van der Waals surface area contributed by atoms with Crippen LogP contribution in [0, 0.1) is 0 Å². The fraction of sp³-hybridized carbons (Fsp3) is 0.364. The molecule has 0 unspecified atom stereocenters. The lowest BCUT2D eigenvalue weighted by atomic mass is 10.0. The van der Waals surface area contributed by atoms with Crippen molar-refractivity contribution in [3.8, 4) is 0 Å². The van der Waals surface area contributed by atoms with Crippen LogP contribution in [-0.4, -0.2) is 17.1 Å². The first-order valence-electron chi connectivity index (χ1n) is 4.90. The van der Waals surface area contributed by atoms with E-state index in [1.807, 2.05) is 6.07 Å². The molecule has 0 radical (unpaired) electrons. The fourth-order valence-electron chi connectivity index (χ4n) is 1.38. The Kier molecular flexibility index (Phi) is 5.06. The van der Waals surface area contributed by atoms with Crippen LogP contribution in [0.1, 0.15) is 18.4 Å². The molecule has 0 saturated heterocycles. The molecule has 0 saturated carbocycles. The number of hydrogen-bond acceptors (Lipinski definition) is 2. The van der Waals surface area contributed by atoms with Gasteiger partial charge in [-0.05, 0) is 30.5 Å². The molecular weight excluding hydrogens is 249 g/mol. The lowest BCUT2D eigenvalue weighted by Crippen LogP contribution is -2.23. The summed E-state index contributed by atoms with van der Waals surface area (Å²) in [5, 5.41) is 9.51. The van der Waals surface area contributed by atoms with Gasteiger partial charge < -0.3 is 10.8 Å². The smallest absolute Gasteiger partial charge is 0.303 e. The first-order valence-corrected chi connectivity index (χ1v) is 5.66. The molecule has 0 aliphatic carbocycles. The Bertz CT molecular complexity index is 382. The third-order valence-corrected chi connectivity index (χ3v) is 2.95. The standard InChI is InChI=1S/C11H13Cl2NO2/c12-9-3-1-7(6-10(9)13)5-8(14)2-4-11(15)16/h1,3,6,8H,2,4-5,14H2,(H,15,16)/t8-/m1/s1. The third-order valence-electron chi connectivity index (χ3n) is 2.21. The zero-order valence-corrected chi connectivity index (χ0v) is 10.1. The van der Waals surface area contributed by atoms with Gasteiger partial charge in [-0.2, -0.15) is 0 Å². The Morgan fingerprint density at radius 2 is 2.06 bits per heavy atom. The molecule has 88 valence electrons. The Morgan fingerprint density at radius 1 is 1.38 bits per heavy atom. The summed E-state index contributed by atoms with van der Waals surface area (Å²) < 4.78 is 0. The van der Waals surface area contributed by atoms with Gasteiger partial charge in [-0.1, -0.05) is 29.3 Å². The minimum absolute atomic E-state index is 0.0858. The van der Waals surface area contributed by atoms with Gasteiger partial charge in [-0.15, -0.1) is 0 Å². The van der Waals surface area contributed by atoms with Crippen LogP contribution in [0.5, 0.6) is 0 Å². The number of aliphatic carboxylic acids is 1. The van der Waals surface area contributed by atoms with Crippen molar-refractivity contribution < 1.29 is 9.90 Å². The molecule has 0 heterocycles. The number of hydrogen-bond donors (Lipinski definition) is 2. The van der Waals surface area contributed by atoms with E-state index < -0.39 is 5.97 Å². The molecule has 0 aromatic heterocycles. The largest absolute Gasteiger partial charge is 0.481 e. The second-order valence-corrected chi connectivity index (χ2v) is 4.46. The molecule has 1 rings (SSSR count). The van der Waals surface area contributed by atoms with Gasteiger partial charge in [0.05, 0.1) is 10.0 Å². The summed E-state index contributed by atoms with van der Waals surface area (Å²) in [6.45, 7) is 0. The van der Waals surface area contributed by atoms with Crippen LogP contribution in [0.25, 0.3) is 0 Å². The number of halogens is 2. The Balaban J connectivity index is 2.52. The van der Waals surface area contributed by atoms with E-state index in [1.165, 1.54) is 0 Å². The van der Waals surface area contributed by atoms with E-state index in [0.717, 1.165) is 5.56 Å². The molecule has 3 N–H and O–H groups in total. The molecule has 1 aromatic carbocycles. The normalized spacial score (nSPS) is 12.4. The van der Waals surface area contributed by atoms with Crippen LogP contribution in [0.2, 0.25) is 10.0 Å². The van der Waals surface area contributed by atoms with Gasteiger partial charge in [0.25, 0.3) is 0 Å². The molecule has 5 heteroatoms. The number of carboxylic acid groups (broad SMARTS) is 1. The van der Waals surface area contributed by atoms with Gasteiger partial charge >= 0.3 is 5.97 Å². The number of rotatable bonds is 5. The average Bonchev–Trinajstić information content (AvgIpc) is 2.21. The highest BCUT2D eigenvalue weighted by Gasteiger charge is 2.08. The van der Waals surface area contributed by atoms with E-state index in [0.29, 0.717) is 22.9 Å². The monoisotopic (exact) mass is 261 g/mol. The van der Waals surface area contributed by atoms with Crippen LogP contribution >= 0.6 is 23.2 Å². The van der Waals surface area contributed by atoms with E-state index in [1.54, 1.807) is 12.1 Å². The van der Waals surface area contributed by atoms with Crippen molar-refractivity contribution in [2.75, 3.05) is 0 Å². The molecule has 0 spiro atoms. The average molecular weight is 262 g/mol. The molecular formula is C11H13Cl2NO2. The lowest BCUT2D eigenvalue weighted by Gasteiger charge is -2.10. The fourth-order valence-corrected chi connectivity index (χ4v) is 1.70. The van der Waals surface area contributed by atoms with E-state index in [2.05, 4.69) is 0 Å². The highest BCUT2D eigenvalue weighted by atomic mass is 35.5. The van der Waals surface area contributed by atoms with Crippen LogP contribution in [-0.2, 0) is 11.2 Å². The Morgan fingerprint density at radius 3 is 2.62 bits per heavy atom. The number of carboxylic acids is 1. The SMILES string of the molecule is N[C@H](CCC(=O)O)Cc1ccc(Cl)c(Cl)c1. The van der Waals surface area contributed by atoms with Gasteiger partial charge in [0.2, 0.25) is 0 Å². The van der Waals surface area contributed by atoms with Crippen molar-refractivity contribution in [3.05, 3.63) is 33.8 Å². The number of benzene rings is 1. The summed E-state index contributed by atoms with van der Waals surface area (Å²) in [4.78, 5) is 10.4. The Labute approximate surface area is 104 Å². The molecule has 0 bridgehead atoms. The van der Waals surface area contributed by atoms with Crippen LogP contribution in [0.15, 0.2) is 18.2 Å². The molecule has 16 heavy (non-hydrogen) atoms. The third kappa shape index (κ3) is 4.39. The van der Waals surface area contributed by atoms with E-state index in [-0.39, 0.29) is 12.5 Å². The number of carbonyl (C=O) groups is 1. The Hall–Kier alpha value is -0.770. The minimum atomic E-state index is -0.829. The maximum Gasteiger partial charge on any atom is 0.303 e. The van der Waals surface area contributed by atoms with E-state index in [9.17, 15) is 4.79 Å².